The molecule has 0 heterocycles. The van der Waals surface area contributed by atoms with Crippen LogP contribution >= 0.6 is 0 Å². The summed E-state index contributed by atoms with van der Waals surface area (Å²) in [6, 6.07) is 4.65. The molecule has 1 aromatic rings. The third-order valence-corrected chi connectivity index (χ3v) is 7.66. The number of methoxy groups -OCH3 is 1. The summed E-state index contributed by atoms with van der Waals surface area (Å²) in [7, 11) is -2.08. The normalized spacial score (nSPS) is 11.9. The molecule has 5 nitrogen and oxygen atoms in total. The van der Waals surface area contributed by atoms with Crippen molar-refractivity contribution in [2.24, 2.45) is 0 Å². The SMILES string of the molecule is CCCCCCCCCC(CCCCCCCCC)NS(=O)(=O)c1ccc(OC)c(N)c1. The molecule has 186 valence electrons. The molecule has 0 fully saturated rings. The summed E-state index contributed by atoms with van der Waals surface area (Å²) in [5, 5.41) is 0. The predicted molar refractivity (Wildman–Crippen MR) is 137 cm³/mol. The lowest BCUT2D eigenvalue weighted by atomic mass is 10.0. The van der Waals surface area contributed by atoms with E-state index in [0.717, 1.165) is 25.7 Å². The zero-order valence-corrected chi connectivity index (χ0v) is 21.6. The first-order valence-electron chi connectivity index (χ1n) is 12.9. The van der Waals surface area contributed by atoms with E-state index < -0.39 is 10.0 Å². The van der Waals surface area contributed by atoms with Crippen molar-refractivity contribution in [3.63, 3.8) is 0 Å². The Hall–Kier alpha value is -1.27. The van der Waals surface area contributed by atoms with Crippen LogP contribution in [0.25, 0.3) is 0 Å². The fraction of sp³-hybridized carbons (Fsp3) is 0.769. The standard InChI is InChI=1S/C26H48N2O3S/c1-4-6-8-10-12-14-16-18-23(19-17-15-13-11-9-7-5-2)28-32(29,30)24-20-21-26(31-3)25(27)22-24/h20-23,28H,4-19,27H2,1-3H3. The van der Waals surface area contributed by atoms with Crippen molar-refractivity contribution in [1.29, 1.82) is 0 Å². The first-order chi connectivity index (χ1) is 15.4. The van der Waals surface area contributed by atoms with Crippen molar-refractivity contribution < 1.29 is 13.2 Å². The molecule has 1 aromatic carbocycles. The maximum atomic E-state index is 13.0. The van der Waals surface area contributed by atoms with Gasteiger partial charge in [0.1, 0.15) is 5.75 Å². The van der Waals surface area contributed by atoms with E-state index in [-0.39, 0.29) is 10.9 Å². The summed E-state index contributed by atoms with van der Waals surface area (Å²) in [5.41, 5.74) is 6.28. The third kappa shape index (κ3) is 12.1. The Balaban J connectivity index is 2.60. The van der Waals surface area contributed by atoms with Gasteiger partial charge < -0.3 is 10.5 Å². The van der Waals surface area contributed by atoms with Gasteiger partial charge >= 0.3 is 0 Å². The average Bonchev–Trinajstić information content (AvgIpc) is 2.77. The molecule has 0 saturated carbocycles. The number of hydrogen-bond acceptors (Lipinski definition) is 4. The molecule has 3 N–H and O–H groups in total. The number of hydrogen-bond donors (Lipinski definition) is 2. The molecule has 0 bridgehead atoms. The van der Waals surface area contributed by atoms with Gasteiger partial charge in [-0.1, -0.05) is 104 Å². The van der Waals surface area contributed by atoms with Crippen LogP contribution in [0.2, 0.25) is 0 Å². The van der Waals surface area contributed by atoms with Crippen LogP contribution in [0.15, 0.2) is 23.1 Å². The molecule has 0 saturated heterocycles. The molecule has 0 atom stereocenters. The minimum Gasteiger partial charge on any atom is -0.495 e. The number of nitrogens with one attached hydrogen (secondary N) is 1. The van der Waals surface area contributed by atoms with Gasteiger partial charge in [-0.3, -0.25) is 0 Å². The molecule has 0 radical (unpaired) electrons. The number of unbranched alkanes of at least 4 members (excludes halogenated alkanes) is 12. The van der Waals surface area contributed by atoms with Crippen LogP contribution in [-0.4, -0.2) is 21.6 Å². The Morgan fingerprint density at radius 1 is 0.812 bits per heavy atom. The minimum atomic E-state index is -3.60. The second-order valence-corrected chi connectivity index (χ2v) is 10.8. The molecule has 0 aliphatic carbocycles. The zero-order chi connectivity index (χ0) is 23.7. The smallest absolute Gasteiger partial charge is 0.240 e. The van der Waals surface area contributed by atoms with E-state index in [1.54, 1.807) is 12.1 Å². The van der Waals surface area contributed by atoms with Crippen molar-refractivity contribution in [3.8, 4) is 5.75 Å². The molecule has 0 aromatic heterocycles. The van der Waals surface area contributed by atoms with Gasteiger partial charge in [-0.25, -0.2) is 13.1 Å². The Bertz CT molecular complexity index is 689. The summed E-state index contributed by atoms with van der Waals surface area (Å²) in [6.07, 6.45) is 19.1. The number of nitrogen functional groups attached to an aromatic ring is 1. The van der Waals surface area contributed by atoms with E-state index >= 15 is 0 Å². The van der Waals surface area contributed by atoms with Crippen molar-refractivity contribution in [1.82, 2.24) is 4.72 Å². The maximum absolute atomic E-state index is 13.0. The zero-order valence-electron chi connectivity index (χ0n) is 20.8. The van der Waals surface area contributed by atoms with Gasteiger partial charge in [0.2, 0.25) is 10.0 Å². The first kappa shape index (κ1) is 28.8. The van der Waals surface area contributed by atoms with Crippen molar-refractivity contribution in [3.05, 3.63) is 18.2 Å². The molecule has 0 aliphatic rings. The lowest BCUT2D eigenvalue weighted by Crippen LogP contribution is -2.35. The van der Waals surface area contributed by atoms with E-state index in [1.165, 1.54) is 90.2 Å². The largest absolute Gasteiger partial charge is 0.495 e. The monoisotopic (exact) mass is 468 g/mol. The van der Waals surface area contributed by atoms with E-state index in [9.17, 15) is 8.42 Å². The van der Waals surface area contributed by atoms with Crippen LogP contribution in [0.4, 0.5) is 5.69 Å². The minimum absolute atomic E-state index is 0.0189. The highest BCUT2D eigenvalue weighted by molar-refractivity contribution is 7.89. The number of sulfonamides is 1. The van der Waals surface area contributed by atoms with Crippen LogP contribution < -0.4 is 15.2 Å². The van der Waals surface area contributed by atoms with Gasteiger partial charge in [0, 0.05) is 6.04 Å². The maximum Gasteiger partial charge on any atom is 0.240 e. The highest BCUT2D eigenvalue weighted by atomic mass is 32.2. The number of nitrogens with two attached hydrogens (primary N) is 1. The van der Waals surface area contributed by atoms with Crippen LogP contribution in [0.3, 0.4) is 0 Å². The Labute approximate surface area is 197 Å². The number of anilines is 1. The molecular formula is C26H48N2O3S. The van der Waals surface area contributed by atoms with Crippen molar-refractivity contribution in [2.45, 2.75) is 128 Å². The van der Waals surface area contributed by atoms with Gasteiger partial charge in [0.25, 0.3) is 0 Å². The lowest BCUT2D eigenvalue weighted by Gasteiger charge is -2.19. The Morgan fingerprint density at radius 3 is 1.72 bits per heavy atom. The van der Waals surface area contributed by atoms with E-state index in [2.05, 4.69) is 18.6 Å². The van der Waals surface area contributed by atoms with E-state index in [4.69, 9.17) is 10.5 Å². The van der Waals surface area contributed by atoms with Gasteiger partial charge in [-0.15, -0.1) is 0 Å². The van der Waals surface area contributed by atoms with E-state index in [0.29, 0.717) is 11.4 Å². The summed E-state index contributed by atoms with van der Waals surface area (Å²) in [5.74, 6) is 0.492. The quantitative estimate of drug-likeness (QED) is 0.156. The van der Waals surface area contributed by atoms with Crippen LogP contribution in [0, 0.1) is 0 Å². The lowest BCUT2D eigenvalue weighted by molar-refractivity contribution is 0.416. The van der Waals surface area contributed by atoms with Gasteiger partial charge in [-0.2, -0.15) is 0 Å². The number of benzene rings is 1. The molecule has 0 unspecified atom stereocenters. The number of ether oxygens (including phenoxy) is 1. The Kier molecular flexibility index (Phi) is 15.5. The van der Waals surface area contributed by atoms with Gasteiger partial charge in [0.15, 0.2) is 0 Å². The highest BCUT2D eigenvalue weighted by Crippen LogP contribution is 2.25. The molecule has 0 amide bonds. The third-order valence-electron chi connectivity index (χ3n) is 6.15. The fourth-order valence-electron chi connectivity index (χ4n) is 4.12. The molecule has 1 rings (SSSR count). The van der Waals surface area contributed by atoms with Crippen molar-refractivity contribution in [2.75, 3.05) is 12.8 Å². The second kappa shape index (κ2) is 17.2. The molecule has 6 heteroatoms. The average molecular weight is 469 g/mol. The topological polar surface area (TPSA) is 81.4 Å². The first-order valence-corrected chi connectivity index (χ1v) is 14.4. The molecule has 32 heavy (non-hydrogen) atoms. The van der Waals surface area contributed by atoms with Crippen LogP contribution in [0.5, 0.6) is 5.75 Å². The van der Waals surface area contributed by atoms with Crippen LogP contribution in [0.1, 0.15) is 117 Å². The van der Waals surface area contributed by atoms with E-state index in [1.807, 2.05) is 0 Å². The summed E-state index contributed by atoms with van der Waals surface area (Å²) in [6.45, 7) is 4.47. The molecular weight excluding hydrogens is 420 g/mol. The number of rotatable bonds is 20. The summed E-state index contributed by atoms with van der Waals surface area (Å²) in [4.78, 5) is 0.208. The van der Waals surface area contributed by atoms with Crippen LogP contribution in [-0.2, 0) is 10.0 Å². The van der Waals surface area contributed by atoms with Crippen molar-refractivity contribution >= 4 is 15.7 Å². The van der Waals surface area contributed by atoms with Gasteiger partial charge in [-0.05, 0) is 31.0 Å². The summed E-state index contributed by atoms with van der Waals surface area (Å²) >= 11 is 0. The Morgan fingerprint density at radius 2 is 1.28 bits per heavy atom. The fourth-order valence-corrected chi connectivity index (χ4v) is 5.46. The van der Waals surface area contributed by atoms with Gasteiger partial charge in [0.05, 0.1) is 17.7 Å². The predicted octanol–water partition coefficient (Wildman–Crippen LogP) is 7.21. The highest BCUT2D eigenvalue weighted by Gasteiger charge is 2.21. The molecule has 0 spiro atoms. The summed E-state index contributed by atoms with van der Waals surface area (Å²) < 4.78 is 34.1. The molecule has 0 aliphatic heterocycles. The second-order valence-electron chi connectivity index (χ2n) is 9.04.